The van der Waals surface area contributed by atoms with Gasteiger partial charge < -0.3 is 16.2 Å². The van der Waals surface area contributed by atoms with Crippen LogP contribution in [-0.2, 0) is 9.59 Å². The molecule has 3 unspecified atom stereocenters. The first kappa shape index (κ1) is 14.7. The molecular formula is C13H22N2O3. The van der Waals surface area contributed by atoms with E-state index in [-0.39, 0.29) is 11.9 Å². The van der Waals surface area contributed by atoms with Crippen molar-refractivity contribution in [1.29, 1.82) is 0 Å². The quantitative estimate of drug-likeness (QED) is 0.588. The monoisotopic (exact) mass is 254 g/mol. The Labute approximate surface area is 107 Å². The van der Waals surface area contributed by atoms with Gasteiger partial charge in [0.15, 0.2) is 0 Å². The topological polar surface area (TPSA) is 92.4 Å². The second-order valence-corrected chi connectivity index (χ2v) is 4.96. The number of aliphatic carboxylic acids is 1. The summed E-state index contributed by atoms with van der Waals surface area (Å²) in [6.45, 7) is 2.73. The minimum atomic E-state index is -0.834. The highest BCUT2D eigenvalue weighted by Gasteiger charge is 2.25. The Morgan fingerprint density at radius 2 is 2.17 bits per heavy atom. The number of carboxylic acids is 1. The van der Waals surface area contributed by atoms with E-state index in [2.05, 4.69) is 12.2 Å². The summed E-state index contributed by atoms with van der Waals surface area (Å²) in [5.74, 6) is -0.864. The molecule has 18 heavy (non-hydrogen) atoms. The van der Waals surface area contributed by atoms with Crippen molar-refractivity contribution < 1.29 is 14.7 Å². The van der Waals surface area contributed by atoms with Gasteiger partial charge in [-0.1, -0.05) is 19.1 Å². The number of hydrogen-bond donors (Lipinski definition) is 3. The average Bonchev–Trinajstić information content (AvgIpc) is 2.75. The van der Waals surface area contributed by atoms with Crippen LogP contribution in [0.3, 0.4) is 0 Å². The molecule has 1 rings (SSSR count). The number of amides is 1. The van der Waals surface area contributed by atoms with Crippen molar-refractivity contribution in [2.75, 3.05) is 6.54 Å². The largest absolute Gasteiger partial charge is 0.481 e. The standard InChI is InChI=1S/C13H22N2O3/c1-9(6-7-14)2-5-12(16)15-11-4-3-10(8-11)13(17)18/h3-4,9-11H,2,5-8,14H2,1H3,(H,15,16)(H,17,18). The summed E-state index contributed by atoms with van der Waals surface area (Å²) >= 11 is 0. The molecule has 0 fully saturated rings. The predicted molar refractivity (Wildman–Crippen MR) is 68.9 cm³/mol. The van der Waals surface area contributed by atoms with Gasteiger partial charge in [0.1, 0.15) is 0 Å². The first-order chi connectivity index (χ1) is 8.52. The third-order valence-electron chi connectivity index (χ3n) is 3.27. The Balaban J connectivity index is 2.22. The Kier molecular flexibility index (Phi) is 5.85. The van der Waals surface area contributed by atoms with Crippen LogP contribution in [0, 0.1) is 11.8 Å². The maximum atomic E-state index is 11.7. The normalized spacial score (nSPS) is 23.9. The van der Waals surface area contributed by atoms with E-state index in [1.54, 1.807) is 12.2 Å². The summed E-state index contributed by atoms with van der Waals surface area (Å²) in [5, 5.41) is 11.7. The summed E-state index contributed by atoms with van der Waals surface area (Å²) in [4.78, 5) is 22.4. The second kappa shape index (κ2) is 7.16. The lowest BCUT2D eigenvalue weighted by Gasteiger charge is -2.13. The third-order valence-corrected chi connectivity index (χ3v) is 3.27. The van der Waals surface area contributed by atoms with Crippen molar-refractivity contribution in [2.45, 2.75) is 38.6 Å². The minimum absolute atomic E-state index is 0.0143. The minimum Gasteiger partial charge on any atom is -0.481 e. The molecule has 0 saturated carbocycles. The van der Waals surface area contributed by atoms with Gasteiger partial charge in [0.25, 0.3) is 0 Å². The van der Waals surface area contributed by atoms with Crippen LogP contribution in [0.1, 0.15) is 32.6 Å². The smallest absolute Gasteiger partial charge is 0.310 e. The molecule has 0 aromatic heterocycles. The molecule has 1 aliphatic rings. The van der Waals surface area contributed by atoms with Crippen molar-refractivity contribution in [2.24, 2.45) is 17.6 Å². The van der Waals surface area contributed by atoms with Gasteiger partial charge in [-0.15, -0.1) is 0 Å². The highest BCUT2D eigenvalue weighted by atomic mass is 16.4. The van der Waals surface area contributed by atoms with E-state index >= 15 is 0 Å². The molecule has 0 spiro atoms. The van der Waals surface area contributed by atoms with Crippen LogP contribution in [0.15, 0.2) is 12.2 Å². The SMILES string of the molecule is CC(CCN)CCC(=O)NC1C=CC(C(=O)O)C1. The van der Waals surface area contributed by atoms with Crippen LogP contribution in [0.5, 0.6) is 0 Å². The molecule has 1 amide bonds. The van der Waals surface area contributed by atoms with Gasteiger partial charge in [0.2, 0.25) is 5.91 Å². The number of carboxylic acid groups (broad SMARTS) is 1. The molecule has 5 heteroatoms. The van der Waals surface area contributed by atoms with Gasteiger partial charge in [-0.2, -0.15) is 0 Å². The molecule has 0 aromatic carbocycles. The van der Waals surface area contributed by atoms with Gasteiger partial charge in [0.05, 0.1) is 5.92 Å². The van der Waals surface area contributed by atoms with Gasteiger partial charge >= 0.3 is 5.97 Å². The average molecular weight is 254 g/mol. The lowest BCUT2D eigenvalue weighted by Crippen LogP contribution is -2.33. The number of nitrogens with two attached hydrogens (primary N) is 1. The van der Waals surface area contributed by atoms with Gasteiger partial charge in [-0.25, -0.2) is 0 Å². The number of carbonyl (C=O) groups is 2. The lowest BCUT2D eigenvalue weighted by atomic mass is 10.0. The van der Waals surface area contributed by atoms with Crippen molar-refractivity contribution >= 4 is 11.9 Å². The van der Waals surface area contributed by atoms with Crippen LogP contribution in [-0.4, -0.2) is 29.6 Å². The van der Waals surface area contributed by atoms with E-state index < -0.39 is 11.9 Å². The van der Waals surface area contributed by atoms with Crippen LogP contribution in [0.4, 0.5) is 0 Å². The first-order valence-corrected chi connectivity index (χ1v) is 6.43. The molecule has 0 heterocycles. The summed E-state index contributed by atoms with van der Waals surface area (Å²) in [5.41, 5.74) is 5.45. The Morgan fingerprint density at radius 3 is 2.72 bits per heavy atom. The van der Waals surface area contributed by atoms with E-state index in [4.69, 9.17) is 10.8 Å². The molecule has 0 aliphatic heterocycles. The van der Waals surface area contributed by atoms with Crippen molar-refractivity contribution in [1.82, 2.24) is 5.32 Å². The molecule has 0 aromatic rings. The van der Waals surface area contributed by atoms with Gasteiger partial charge in [0, 0.05) is 12.5 Å². The predicted octanol–water partition coefficient (Wildman–Crippen LogP) is 0.897. The second-order valence-electron chi connectivity index (χ2n) is 4.96. The van der Waals surface area contributed by atoms with Crippen LogP contribution < -0.4 is 11.1 Å². The molecule has 5 nitrogen and oxygen atoms in total. The van der Waals surface area contributed by atoms with E-state index in [1.807, 2.05) is 0 Å². The van der Waals surface area contributed by atoms with Crippen LogP contribution >= 0.6 is 0 Å². The zero-order valence-corrected chi connectivity index (χ0v) is 10.8. The summed E-state index contributed by atoms with van der Waals surface area (Å²) < 4.78 is 0. The Bertz CT molecular complexity index is 328. The summed E-state index contributed by atoms with van der Waals surface area (Å²) in [6.07, 6.45) is 6.09. The van der Waals surface area contributed by atoms with Gasteiger partial charge in [-0.05, 0) is 31.7 Å². The maximum Gasteiger partial charge on any atom is 0.310 e. The van der Waals surface area contributed by atoms with Crippen molar-refractivity contribution in [3.05, 3.63) is 12.2 Å². The fraction of sp³-hybridized carbons (Fsp3) is 0.692. The van der Waals surface area contributed by atoms with Gasteiger partial charge in [-0.3, -0.25) is 9.59 Å². The summed E-state index contributed by atoms with van der Waals surface area (Å²) in [6, 6.07) is -0.136. The van der Waals surface area contributed by atoms with E-state index in [9.17, 15) is 9.59 Å². The highest BCUT2D eigenvalue weighted by molar-refractivity contribution is 5.77. The molecular weight excluding hydrogens is 232 g/mol. The number of hydrogen-bond acceptors (Lipinski definition) is 3. The first-order valence-electron chi connectivity index (χ1n) is 6.43. The number of carbonyl (C=O) groups excluding carboxylic acids is 1. The van der Waals surface area contributed by atoms with Crippen molar-refractivity contribution in [3.8, 4) is 0 Å². The zero-order valence-electron chi connectivity index (χ0n) is 10.8. The Hall–Kier alpha value is -1.36. The van der Waals surface area contributed by atoms with E-state index in [1.165, 1.54) is 0 Å². The molecule has 1 aliphatic carbocycles. The molecule has 4 N–H and O–H groups in total. The lowest BCUT2D eigenvalue weighted by molar-refractivity contribution is -0.140. The third kappa shape index (κ3) is 4.87. The molecule has 0 saturated heterocycles. The van der Waals surface area contributed by atoms with E-state index in [0.717, 1.165) is 12.8 Å². The van der Waals surface area contributed by atoms with E-state index in [0.29, 0.717) is 25.3 Å². The van der Waals surface area contributed by atoms with Crippen molar-refractivity contribution in [3.63, 3.8) is 0 Å². The summed E-state index contributed by atoms with van der Waals surface area (Å²) in [7, 11) is 0. The highest BCUT2D eigenvalue weighted by Crippen LogP contribution is 2.18. The fourth-order valence-electron chi connectivity index (χ4n) is 2.07. The molecule has 0 radical (unpaired) electrons. The van der Waals surface area contributed by atoms with Crippen LogP contribution in [0.25, 0.3) is 0 Å². The number of nitrogens with one attached hydrogen (secondary N) is 1. The molecule has 0 bridgehead atoms. The maximum absolute atomic E-state index is 11.7. The molecule has 102 valence electrons. The number of rotatable bonds is 7. The Morgan fingerprint density at radius 1 is 1.44 bits per heavy atom. The molecule has 3 atom stereocenters. The fourth-order valence-corrected chi connectivity index (χ4v) is 2.07. The van der Waals surface area contributed by atoms with Crippen LogP contribution in [0.2, 0.25) is 0 Å². The zero-order chi connectivity index (χ0) is 13.5.